The first-order valence-corrected chi connectivity index (χ1v) is 7.47. The molecule has 0 bridgehead atoms. The highest BCUT2D eigenvalue weighted by Crippen LogP contribution is 2.42. The van der Waals surface area contributed by atoms with Crippen molar-refractivity contribution in [2.75, 3.05) is 5.32 Å². The van der Waals surface area contributed by atoms with Gasteiger partial charge in [-0.1, -0.05) is 17.8 Å². The maximum Gasteiger partial charge on any atom is 0.163 e. The second-order valence-electron chi connectivity index (χ2n) is 4.73. The zero-order chi connectivity index (χ0) is 14.9. The number of nitrogens with zero attached hydrogens (tertiary/aromatic N) is 4. The van der Waals surface area contributed by atoms with Gasteiger partial charge < -0.3 is 10.4 Å². The van der Waals surface area contributed by atoms with E-state index in [9.17, 15) is 5.11 Å². The smallest absolute Gasteiger partial charge is 0.163 e. The van der Waals surface area contributed by atoms with Crippen LogP contribution in [0.4, 0.5) is 11.5 Å². The fraction of sp³-hybridized carbons (Fsp3) is 0.0667. The van der Waals surface area contributed by atoms with Crippen LogP contribution >= 0.6 is 11.8 Å². The minimum absolute atomic E-state index is 0.520. The highest BCUT2D eigenvalue weighted by molar-refractivity contribution is 7.99. The number of fused-ring (bicyclic) bond motifs is 2. The molecule has 7 heteroatoms. The molecule has 1 aliphatic rings. The summed E-state index contributed by atoms with van der Waals surface area (Å²) < 4.78 is 0. The van der Waals surface area contributed by atoms with E-state index in [1.165, 1.54) is 0 Å². The van der Waals surface area contributed by atoms with Gasteiger partial charge in [-0.3, -0.25) is 9.97 Å². The largest absolute Gasteiger partial charge is 0.382 e. The van der Waals surface area contributed by atoms with Crippen LogP contribution in [-0.2, 0) is 0 Å². The van der Waals surface area contributed by atoms with Crippen molar-refractivity contribution in [1.82, 2.24) is 19.9 Å². The molecule has 1 unspecified atom stereocenters. The lowest BCUT2D eigenvalue weighted by atomic mass is 10.1. The van der Waals surface area contributed by atoms with Crippen LogP contribution in [0.5, 0.6) is 0 Å². The average molecular weight is 309 g/mol. The van der Waals surface area contributed by atoms with Gasteiger partial charge in [0, 0.05) is 29.7 Å². The van der Waals surface area contributed by atoms with Gasteiger partial charge in [-0.2, -0.15) is 0 Å². The molecule has 0 amide bonds. The Kier molecular flexibility index (Phi) is 3.21. The van der Waals surface area contributed by atoms with E-state index >= 15 is 0 Å². The summed E-state index contributed by atoms with van der Waals surface area (Å²) in [6.07, 6.45) is 7.22. The summed E-state index contributed by atoms with van der Waals surface area (Å²) in [5.74, 6) is 0.728. The monoisotopic (exact) mass is 309 g/mol. The van der Waals surface area contributed by atoms with Crippen LogP contribution in [-0.4, -0.2) is 25.0 Å². The molecule has 6 nitrogen and oxygen atoms in total. The molecule has 0 aliphatic carbocycles. The summed E-state index contributed by atoms with van der Waals surface area (Å²) in [5, 5.41) is 14.5. The van der Waals surface area contributed by atoms with Gasteiger partial charge in [0.1, 0.15) is 11.1 Å². The van der Waals surface area contributed by atoms with E-state index in [4.69, 9.17) is 0 Å². The van der Waals surface area contributed by atoms with Crippen molar-refractivity contribution >= 4 is 23.3 Å². The first kappa shape index (κ1) is 13.2. The SMILES string of the molecule is OC(c1ccc2c(c1)Nc1nccnc1S2)c1cnccn1. The Morgan fingerprint density at radius 2 is 1.91 bits per heavy atom. The van der Waals surface area contributed by atoms with Gasteiger partial charge >= 0.3 is 0 Å². The maximum absolute atomic E-state index is 10.4. The molecule has 0 saturated heterocycles. The predicted octanol–water partition coefficient (Wildman–Crippen LogP) is 2.56. The molecule has 0 spiro atoms. The molecule has 108 valence electrons. The van der Waals surface area contributed by atoms with E-state index in [0.29, 0.717) is 5.69 Å². The molecule has 4 rings (SSSR count). The number of benzene rings is 1. The topological polar surface area (TPSA) is 83.8 Å². The average Bonchev–Trinajstić information content (AvgIpc) is 2.59. The van der Waals surface area contributed by atoms with Crippen LogP contribution < -0.4 is 5.32 Å². The number of aromatic nitrogens is 4. The standard InChI is InChI=1S/C15H11N5OS/c21-13(11-8-16-3-4-17-11)9-1-2-12-10(7-9)20-14-15(22-12)19-6-5-18-14/h1-8,13,21H,(H,18,20). The van der Waals surface area contributed by atoms with Crippen molar-refractivity contribution in [2.24, 2.45) is 0 Å². The first-order chi connectivity index (χ1) is 10.8. The van der Waals surface area contributed by atoms with Gasteiger partial charge in [0.25, 0.3) is 0 Å². The molecule has 0 radical (unpaired) electrons. The maximum atomic E-state index is 10.4. The minimum Gasteiger partial charge on any atom is -0.382 e. The molecule has 2 aromatic heterocycles. The van der Waals surface area contributed by atoms with Gasteiger partial charge in [-0.15, -0.1) is 0 Å². The Morgan fingerprint density at radius 1 is 1.05 bits per heavy atom. The fourth-order valence-corrected chi connectivity index (χ4v) is 3.12. The van der Waals surface area contributed by atoms with Crippen LogP contribution in [0.15, 0.2) is 59.1 Å². The van der Waals surface area contributed by atoms with E-state index in [2.05, 4.69) is 25.3 Å². The Balaban J connectivity index is 1.69. The molecule has 0 saturated carbocycles. The van der Waals surface area contributed by atoms with Crippen molar-refractivity contribution in [2.45, 2.75) is 16.0 Å². The van der Waals surface area contributed by atoms with Crippen LogP contribution in [0, 0.1) is 0 Å². The summed E-state index contributed by atoms with van der Waals surface area (Å²) in [6, 6.07) is 5.74. The van der Waals surface area contributed by atoms with Gasteiger partial charge in [0.2, 0.25) is 0 Å². The fourth-order valence-electron chi connectivity index (χ4n) is 2.24. The van der Waals surface area contributed by atoms with E-state index < -0.39 is 6.10 Å². The third-order valence-corrected chi connectivity index (χ3v) is 4.38. The Bertz CT molecular complexity index is 827. The summed E-state index contributed by atoms with van der Waals surface area (Å²) in [4.78, 5) is 17.7. The third-order valence-electron chi connectivity index (χ3n) is 3.31. The van der Waals surface area contributed by atoms with Crippen molar-refractivity contribution in [3.8, 4) is 0 Å². The van der Waals surface area contributed by atoms with E-state index in [1.54, 1.807) is 42.7 Å². The number of anilines is 2. The van der Waals surface area contributed by atoms with Gasteiger partial charge in [-0.25, -0.2) is 9.97 Å². The summed E-state index contributed by atoms with van der Waals surface area (Å²) in [6.45, 7) is 0. The normalized spacial score (nSPS) is 13.7. The zero-order valence-corrected chi connectivity index (χ0v) is 12.2. The Labute approximate surface area is 130 Å². The molecule has 0 fully saturated rings. The van der Waals surface area contributed by atoms with Gasteiger partial charge in [-0.05, 0) is 17.7 Å². The number of nitrogens with one attached hydrogen (secondary N) is 1. The molecule has 2 N–H and O–H groups in total. The number of aliphatic hydroxyl groups is 1. The van der Waals surface area contributed by atoms with Crippen molar-refractivity contribution in [1.29, 1.82) is 0 Å². The first-order valence-electron chi connectivity index (χ1n) is 6.65. The summed E-state index contributed by atoms with van der Waals surface area (Å²) in [5.41, 5.74) is 2.17. The van der Waals surface area contributed by atoms with Crippen LogP contribution in [0.3, 0.4) is 0 Å². The van der Waals surface area contributed by atoms with Crippen LogP contribution in [0.2, 0.25) is 0 Å². The van der Waals surface area contributed by atoms with Gasteiger partial charge in [0.15, 0.2) is 5.82 Å². The predicted molar refractivity (Wildman–Crippen MR) is 82.0 cm³/mol. The molecular weight excluding hydrogens is 298 g/mol. The molecule has 3 aromatic rings. The number of aliphatic hydroxyl groups excluding tert-OH is 1. The van der Waals surface area contributed by atoms with E-state index in [-0.39, 0.29) is 0 Å². The Morgan fingerprint density at radius 3 is 2.77 bits per heavy atom. The highest BCUT2D eigenvalue weighted by Gasteiger charge is 2.20. The third kappa shape index (κ3) is 2.30. The second-order valence-corrected chi connectivity index (χ2v) is 5.76. The molecule has 1 aromatic carbocycles. The number of hydrogen-bond acceptors (Lipinski definition) is 7. The highest BCUT2D eigenvalue weighted by atomic mass is 32.2. The van der Waals surface area contributed by atoms with Crippen molar-refractivity contribution in [3.05, 3.63) is 60.4 Å². The lowest BCUT2D eigenvalue weighted by Crippen LogP contribution is -2.07. The molecule has 1 atom stereocenters. The summed E-state index contributed by atoms with van der Waals surface area (Å²) in [7, 11) is 0. The second kappa shape index (κ2) is 5.36. The van der Waals surface area contributed by atoms with E-state index in [1.807, 2.05) is 18.2 Å². The van der Waals surface area contributed by atoms with E-state index in [0.717, 1.165) is 27.0 Å². The molecular formula is C15H11N5OS. The molecule has 1 aliphatic heterocycles. The van der Waals surface area contributed by atoms with Crippen LogP contribution in [0.1, 0.15) is 17.4 Å². The van der Waals surface area contributed by atoms with Crippen molar-refractivity contribution < 1.29 is 5.11 Å². The zero-order valence-electron chi connectivity index (χ0n) is 11.3. The number of rotatable bonds is 2. The van der Waals surface area contributed by atoms with Crippen molar-refractivity contribution in [3.63, 3.8) is 0 Å². The minimum atomic E-state index is -0.811. The lowest BCUT2D eigenvalue weighted by Gasteiger charge is -2.20. The molecule has 3 heterocycles. The van der Waals surface area contributed by atoms with Gasteiger partial charge in [0.05, 0.1) is 17.6 Å². The summed E-state index contributed by atoms with van der Waals surface area (Å²) >= 11 is 1.55. The van der Waals surface area contributed by atoms with Crippen LogP contribution in [0.25, 0.3) is 0 Å². The molecule has 22 heavy (non-hydrogen) atoms. The number of hydrogen-bond donors (Lipinski definition) is 2. The quantitative estimate of drug-likeness (QED) is 0.588. The lowest BCUT2D eigenvalue weighted by molar-refractivity contribution is 0.215. The Hall–Kier alpha value is -2.51.